The maximum atomic E-state index is 13.6. The largest absolute Gasteiger partial charge is 0.370 e. The van der Waals surface area contributed by atoms with E-state index in [4.69, 9.17) is 11.6 Å². The Labute approximate surface area is 121 Å². The van der Waals surface area contributed by atoms with Crippen LogP contribution in [0.3, 0.4) is 0 Å². The number of rotatable bonds is 4. The van der Waals surface area contributed by atoms with Gasteiger partial charge in [0.1, 0.15) is 11.6 Å². The lowest BCUT2D eigenvalue weighted by Crippen LogP contribution is -2.14. The van der Waals surface area contributed by atoms with Crippen molar-refractivity contribution in [1.82, 2.24) is 4.98 Å². The molecule has 4 nitrogen and oxygen atoms in total. The third kappa shape index (κ3) is 3.24. The summed E-state index contributed by atoms with van der Waals surface area (Å²) in [6.45, 7) is 2.69. The van der Waals surface area contributed by atoms with E-state index in [0.29, 0.717) is 11.4 Å². The van der Waals surface area contributed by atoms with Crippen LogP contribution in [-0.2, 0) is 0 Å². The van der Waals surface area contributed by atoms with E-state index in [1.807, 2.05) is 6.92 Å². The first-order chi connectivity index (χ1) is 9.61. The van der Waals surface area contributed by atoms with Crippen molar-refractivity contribution in [2.24, 2.45) is 0 Å². The molecule has 6 heteroatoms. The first-order valence-electron chi connectivity index (χ1n) is 6.07. The standard InChI is InChI=1S/C14H13ClFN3O/c1-2-17-12-7-6-9(8-18-12)14(20)19-13-10(15)4-3-5-11(13)16/h3-8H,2H2,1H3,(H,17,18)(H,19,20). The highest BCUT2D eigenvalue weighted by Crippen LogP contribution is 2.25. The lowest BCUT2D eigenvalue weighted by atomic mass is 10.2. The van der Waals surface area contributed by atoms with Crippen LogP contribution >= 0.6 is 11.6 Å². The molecule has 0 unspecified atom stereocenters. The van der Waals surface area contributed by atoms with Gasteiger partial charge in [0.2, 0.25) is 0 Å². The van der Waals surface area contributed by atoms with Gasteiger partial charge < -0.3 is 10.6 Å². The summed E-state index contributed by atoms with van der Waals surface area (Å²) in [7, 11) is 0. The molecule has 2 N–H and O–H groups in total. The van der Waals surface area contributed by atoms with Gasteiger partial charge in [0, 0.05) is 12.7 Å². The average molecular weight is 294 g/mol. The molecule has 2 aromatic rings. The zero-order chi connectivity index (χ0) is 14.5. The van der Waals surface area contributed by atoms with Crippen molar-refractivity contribution in [3.8, 4) is 0 Å². The van der Waals surface area contributed by atoms with Crippen LogP contribution in [0.1, 0.15) is 17.3 Å². The minimum atomic E-state index is -0.580. The molecule has 0 saturated carbocycles. The van der Waals surface area contributed by atoms with Crippen LogP contribution in [0.15, 0.2) is 36.5 Å². The minimum absolute atomic E-state index is 0.0325. The first kappa shape index (κ1) is 14.3. The molecule has 0 atom stereocenters. The average Bonchev–Trinajstić information content (AvgIpc) is 2.44. The van der Waals surface area contributed by atoms with E-state index in [2.05, 4.69) is 15.6 Å². The molecule has 0 aliphatic carbocycles. The summed E-state index contributed by atoms with van der Waals surface area (Å²) in [4.78, 5) is 16.1. The Bertz CT molecular complexity index is 596. The fourth-order valence-electron chi connectivity index (χ4n) is 1.62. The van der Waals surface area contributed by atoms with Gasteiger partial charge in [0.25, 0.3) is 5.91 Å². The van der Waals surface area contributed by atoms with Crippen LogP contribution in [0, 0.1) is 5.82 Å². The van der Waals surface area contributed by atoms with E-state index in [1.54, 1.807) is 12.1 Å². The molecule has 0 fully saturated rings. The Morgan fingerprint density at radius 1 is 1.35 bits per heavy atom. The minimum Gasteiger partial charge on any atom is -0.370 e. The monoisotopic (exact) mass is 293 g/mol. The number of nitrogens with zero attached hydrogens (tertiary/aromatic N) is 1. The SMILES string of the molecule is CCNc1ccc(C(=O)Nc2c(F)cccc2Cl)cn1. The fraction of sp³-hybridized carbons (Fsp3) is 0.143. The van der Waals surface area contributed by atoms with Gasteiger partial charge in [-0.2, -0.15) is 0 Å². The number of amides is 1. The number of aromatic nitrogens is 1. The summed E-state index contributed by atoms with van der Waals surface area (Å²) in [5, 5.41) is 5.61. The lowest BCUT2D eigenvalue weighted by molar-refractivity contribution is 0.102. The highest BCUT2D eigenvalue weighted by molar-refractivity contribution is 6.33. The summed E-state index contributed by atoms with van der Waals surface area (Å²) < 4.78 is 13.6. The van der Waals surface area contributed by atoms with E-state index in [9.17, 15) is 9.18 Å². The van der Waals surface area contributed by atoms with Crippen LogP contribution in [0.25, 0.3) is 0 Å². The smallest absolute Gasteiger partial charge is 0.257 e. The molecule has 0 bridgehead atoms. The predicted molar refractivity (Wildman–Crippen MR) is 77.8 cm³/mol. The van der Waals surface area contributed by atoms with Crippen molar-refractivity contribution < 1.29 is 9.18 Å². The van der Waals surface area contributed by atoms with Gasteiger partial charge in [-0.05, 0) is 31.2 Å². The van der Waals surface area contributed by atoms with E-state index in [-0.39, 0.29) is 10.7 Å². The zero-order valence-electron chi connectivity index (χ0n) is 10.8. The number of para-hydroxylation sites is 1. The summed E-state index contributed by atoms with van der Waals surface area (Å²) in [6.07, 6.45) is 1.42. The first-order valence-corrected chi connectivity index (χ1v) is 6.45. The predicted octanol–water partition coefficient (Wildman–Crippen LogP) is 3.56. The molecule has 1 aromatic carbocycles. The number of carbonyl (C=O) groups excluding carboxylic acids is 1. The molecule has 0 aliphatic heterocycles. The quantitative estimate of drug-likeness (QED) is 0.906. The van der Waals surface area contributed by atoms with Crippen molar-refractivity contribution in [3.63, 3.8) is 0 Å². The Morgan fingerprint density at radius 2 is 2.15 bits per heavy atom. The van der Waals surface area contributed by atoms with Crippen molar-refractivity contribution in [2.45, 2.75) is 6.92 Å². The second-order valence-electron chi connectivity index (χ2n) is 4.01. The Balaban J connectivity index is 2.16. The summed E-state index contributed by atoms with van der Waals surface area (Å²) in [6, 6.07) is 7.50. The van der Waals surface area contributed by atoms with Crippen molar-refractivity contribution in [3.05, 3.63) is 52.9 Å². The molecule has 0 radical (unpaired) electrons. The van der Waals surface area contributed by atoms with Crippen LogP contribution in [0.2, 0.25) is 5.02 Å². The number of pyridine rings is 1. The van der Waals surface area contributed by atoms with Gasteiger partial charge in [0.15, 0.2) is 0 Å². The number of hydrogen-bond acceptors (Lipinski definition) is 3. The summed E-state index contributed by atoms with van der Waals surface area (Å²) in [5.74, 6) is -0.372. The van der Waals surface area contributed by atoms with Gasteiger partial charge in [0.05, 0.1) is 16.3 Å². The number of halogens is 2. The van der Waals surface area contributed by atoms with Crippen LogP contribution in [0.4, 0.5) is 15.9 Å². The van der Waals surface area contributed by atoms with Gasteiger partial charge in [-0.25, -0.2) is 9.37 Å². The molecule has 0 spiro atoms. The Morgan fingerprint density at radius 3 is 2.75 bits per heavy atom. The molecule has 1 amide bonds. The van der Waals surface area contributed by atoms with E-state index in [0.717, 1.165) is 6.54 Å². The van der Waals surface area contributed by atoms with Gasteiger partial charge in [-0.3, -0.25) is 4.79 Å². The molecule has 1 aromatic heterocycles. The number of hydrogen-bond donors (Lipinski definition) is 2. The van der Waals surface area contributed by atoms with Crippen molar-refractivity contribution in [2.75, 3.05) is 17.2 Å². The van der Waals surface area contributed by atoms with Crippen molar-refractivity contribution >= 4 is 29.0 Å². The molecule has 1 heterocycles. The molecular weight excluding hydrogens is 281 g/mol. The maximum absolute atomic E-state index is 13.6. The third-order valence-electron chi connectivity index (χ3n) is 2.58. The van der Waals surface area contributed by atoms with Crippen LogP contribution < -0.4 is 10.6 Å². The second kappa shape index (κ2) is 6.34. The Kier molecular flexibility index (Phi) is 4.53. The summed E-state index contributed by atoms with van der Waals surface area (Å²) in [5.41, 5.74) is 0.292. The molecule has 104 valence electrons. The van der Waals surface area contributed by atoms with Crippen molar-refractivity contribution in [1.29, 1.82) is 0 Å². The van der Waals surface area contributed by atoms with Crippen LogP contribution in [0.5, 0.6) is 0 Å². The molecule has 20 heavy (non-hydrogen) atoms. The number of anilines is 2. The molecule has 0 saturated heterocycles. The van der Waals surface area contributed by atoms with Gasteiger partial charge in [-0.1, -0.05) is 17.7 Å². The highest BCUT2D eigenvalue weighted by atomic mass is 35.5. The normalized spacial score (nSPS) is 10.2. The highest BCUT2D eigenvalue weighted by Gasteiger charge is 2.12. The van der Waals surface area contributed by atoms with Crippen LogP contribution in [-0.4, -0.2) is 17.4 Å². The topological polar surface area (TPSA) is 54.0 Å². The number of nitrogens with one attached hydrogen (secondary N) is 2. The third-order valence-corrected chi connectivity index (χ3v) is 2.90. The second-order valence-corrected chi connectivity index (χ2v) is 4.42. The number of carbonyl (C=O) groups is 1. The Hall–Kier alpha value is -2.14. The number of benzene rings is 1. The van der Waals surface area contributed by atoms with E-state index >= 15 is 0 Å². The molecule has 0 aliphatic rings. The molecular formula is C14H13ClFN3O. The molecule has 2 rings (SSSR count). The van der Waals surface area contributed by atoms with E-state index in [1.165, 1.54) is 24.4 Å². The fourth-order valence-corrected chi connectivity index (χ4v) is 1.83. The van der Waals surface area contributed by atoms with Gasteiger partial charge >= 0.3 is 0 Å². The zero-order valence-corrected chi connectivity index (χ0v) is 11.5. The lowest BCUT2D eigenvalue weighted by Gasteiger charge is -2.08. The summed E-state index contributed by atoms with van der Waals surface area (Å²) >= 11 is 5.85. The van der Waals surface area contributed by atoms with Gasteiger partial charge in [-0.15, -0.1) is 0 Å². The van der Waals surface area contributed by atoms with E-state index < -0.39 is 11.7 Å². The maximum Gasteiger partial charge on any atom is 0.257 e.